The molecule has 0 fully saturated rings. The van der Waals surface area contributed by atoms with Gasteiger partial charge in [-0.25, -0.2) is 0 Å². The second-order valence-corrected chi connectivity index (χ2v) is 12.6. The van der Waals surface area contributed by atoms with Gasteiger partial charge in [-0.3, -0.25) is 9.97 Å². The number of hydrogen-bond donors (Lipinski definition) is 0. The molecular weight excluding hydrogens is 392 g/mol. The van der Waals surface area contributed by atoms with Crippen molar-refractivity contribution in [2.45, 2.75) is 13.1 Å². The first-order chi connectivity index (χ1) is 15.2. The Hall–Kier alpha value is -3.56. The molecular formula is C28H24N2Si. The smallest absolute Gasteiger partial charge is 0.115 e. The minimum atomic E-state index is -2.08. The van der Waals surface area contributed by atoms with Crippen LogP contribution in [0.25, 0.3) is 21.5 Å². The van der Waals surface area contributed by atoms with Crippen LogP contribution in [0.5, 0.6) is 0 Å². The van der Waals surface area contributed by atoms with E-state index in [4.69, 9.17) is 0 Å². The Bertz CT molecular complexity index is 1160. The molecule has 0 bridgehead atoms. The number of hydrogen-bond acceptors (Lipinski definition) is 2. The van der Waals surface area contributed by atoms with E-state index in [0.717, 1.165) is 5.56 Å². The lowest BCUT2D eigenvalue weighted by molar-refractivity contribution is 1.31. The molecule has 0 atom stereocenters. The molecule has 0 radical (unpaired) electrons. The second kappa shape index (κ2) is 7.93. The third kappa shape index (κ3) is 3.37. The summed E-state index contributed by atoms with van der Waals surface area (Å²) in [5, 5.41) is 2.89. The van der Waals surface area contributed by atoms with E-state index in [1.165, 1.54) is 38.2 Å². The van der Waals surface area contributed by atoms with E-state index < -0.39 is 8.07 Å². The molecule has 150 valence electrons. The molecule has 2 aromatic carbocycles. The molecule has 3 heteroatoms. The minimum absolute atomic E-state index is 1.16. The molecule has 5 rings (SSSR count). The minimum Gasteiger partial charge on any atom is -0.264 e. The maximum atomic E-state index is 4.47. The number of pyridine rings is 2. The molecule has 0 saturated carbocycles. The zero-order valence-corrected chi connectivity index (χ0v) is 18.8. The zero-order valence-electron chi connectivity index (χ0n) is 17.8. The van der Waals surface area contributed by atoms with E-state index in [0.29, 0.717) is 0 Å². The fraction of sp³-hybridized carbons (Fsp3) is 0.0714. The van der Waals surface area contributed by atoms with E-state index in [1.807, 2.05) is 36.9 Å². The Morgan fingerprint density at radius 1 is 0.484 bits per heavy atom. The summed E-state index contributed by atoms with van der Waals surface area (Å²) >= 11 is 0. The van der Waals surface area contributed by atoms with Crippen LogP contribution in [0.3, 0.4) is 0 Å². The molecule has 0 saturated heterocycles. The van der Waals surface area contributed by atoms with Gasteiger partial charge in [-0.2, -0.15) is 0 Å². The molecule has 31 heavy (non-hydrogen) atoms. The van der Waals surface area contributed by atoms with E-state index in [-0.39, 0.29) is 0 Å². The van der Waals surface area contributed by atoms with E-state index in [1.54, 1.807) is 0 Å². The molecule has 2 aromatic heterocycles. The summed E-state index contributed by atoms with van der Waals surface area (Å²) in [5.41, 5.74) is 7.54. The summed E-state index contributed by atoms with van der Waals surface area (Å²) in [4.78, 5) is 8.95. The maximum absolute atomic E-state index is 4.47. The molecule has 2 nitrogen and oxygen atoms in total. The van der Waals surface area contributed by atoms with Gasteiger partial charge in [0.1, 0.15) is 8.07 Å². The first-order valence-corrected chi connectivity index (χ1v) is 13.6. The van der Waals surface area contributed by atoms with Gasteiger partial charge in [0.15, 0.2) is 0 Å². The van der Waals surface area contributed by atoms with E-state index in [9.17, 15) is 0 Å². The highest BCUT2D eigenvalue weighted by molar-refractivity contribution is 7.13. The van der Waals surface area contributed by atoms with Crippen LogP contribution in [0.4, 0.5) is 0 Å². The van der Waals surface area contributed by atoms with Gasteiger partial charge in [0.2, 0.25) is 0 Å². The van der Waals surface area contributed by atoms with Crippen LogP contribution in [-0.4, -0.2) is 18.0 Å². The Morgan fingerprint density at radius 3 is 1.48 bits per heavy atom. The first kappa shape index (κ1) is 19.4. The quantitative estimate of drug-likeness (QED) is 0.342. The van der Waals surface area contributed by atoms with Crippen LogP contribution in [0.1, 0.15) is 22.3 Å². The van der Waals surface area contributed by atoms with Crippen molar-refractivity contribution in [3.05, 3.63) is 132 Å². The molecule has 1 aliphatic rings. The van der Waals surface area contributed by atoms with Gasteiger partial charge in [0.05, 0.1) is 0 Å². The topological polar surface area (TPSA) is 25.8 Å². The van der Waals surface area contributed by atoms with Crippen molar-refractivity contribution in [1.82, 2.24) is 9.97 Å². The van der Waals surface area contributed by atoms with Crippen LogP contribution < -0.4 is 0 Å². The number of benzene rings is 2. The van der Waals surface area contributed by atoms with Crippen LogP contribution in [-0.2, 0) is 0 Å². The van der Waals surface area contributed by atoms with Crippen molar-refractivity contribution in [1.29, 1.82) is 0 Å². The molecule has 3 heterocycles. The van der Waals surface area contributed by atoms with Crippen LogP contribution in [0.15, 0.2) is 110 Å². The van der Waals surface area contributed by atoms with Gasteiger partial charge in [-0.1, -0.05) is 85.9 Å². The normalized spacial score (nSPS) is 15.4. The average molecular weight is 417 g/mol. The van der Waals surface area contributed by atoms with Gasteiger partial charge in [-0.05, 0) is 50.4 Å². The van der Waals surface area contributed by atoms with Gasteiger partial charge in [0.25, 0.3) is 0 Å². The highest BCUT2D eigenvalue weighted by Gasteiger charge is 2.43. The second-order valence-electron chi connectivity index (χ2n) is 8.34. The van der Waals surface area contributed by atoms with Crippen molar-refractivity contribution in [2.24, 2.45) is 0 Å². The summed E-state index contributed by atoms with van der Waals surface area (Å²) < 4.78 is 0. The molecule has 0 N–H and O–H groups in total. The summed E-state index contributed by atoms with van der Waals surface area (Å²) in [5.74, 6) is 0. The van der Waals surface area contributed by atoms with Crippen molar-refractivity contribution >= 4 is 29.6 Å². The molecule has 0 aliphatic carbocycles. The van der Waals surface area contributed by atoms with Crippen LogP contribution in [0, 0.1) is 0 Å². The van der Waals surface area contributed by atoms with Crippen molar-refractivity contribution < 1.29 is 0 Å². The predicted octanol–water partition coefficient (Wildman–Crippen LogP) is 6.80. The van der Waals surface area contributed by atoms with Crippen LogP contribution >= 0.6 is 0 Å². The Labute approximate surface area is 184 Å². The summed E-state index contributed by atoms with van der Waals surface area (Å²) in [7, 11) is -2.08. The van der Waals surface area contributed by atoms with Gasteiger partial charge in [-0.15, -0.1) is 0 Å². The van der Waals surface area contributed by atoms with Crippen molar-refractivity contribution in [3.63, 3.8) is 0 Å². The summed E-state index contributed by atoms with van der Waals surface area (Å²) in [6, 6.07) is 30.1. The SMILES string of the molecule is C[Si]1(C)C(c2ccccc2)=C(c2ccccc2)C(c2cccnc2)=C1c1cccnc1. The van der Waals surface area contributed by atoms with E-state index in [2.05, 4.69) is 95.9 Å². The molecule has 0 spiro atoms. The first-order valence-electron chi connectivity index (χ1n) is 10.6. The zero-order chi connectivity index (χ0) is 21.3. The number of aromatic nitrogens is 2. The Balaban J connectivity index is 1.92. The number of rotatable bonds is 4. The number of nitrogens with zero attached hydrogens (tertiary/aromatic N) is 2. The lowest BCUT2D eigenvalue weighted by atomic mass is 9.90. The van der Waals surface area contributed by atoms with Gasteiger partial charge >= 0.3 is 0 Å². The van der Waals surface area contributed by atoms with E-state index >= 15 is 0 Å². The van der Waals surface area contributed by atoms with Gasteiger partial charge < -0.3 is 0 Å². The van der Waals surface area contributed by atoms with Gasteiger partial charge in [0, 0.05) is 30.4 Å². The lowest BCUT2D eigenvalue weighted by Gasteiger charge is -2.26. The predicted molar refractivity (Wildman–Crippen MR) is 132 cm³/mol. The average Bonchev–Trinajstić information content (AvgIpc) is 3.08. The lowest BCUT2D eigenvalue weighted by Crippen LogP contribution is -2.28. The summed E-state index contributed by atoms with van der Waals surface area (Å²) in [6.45, 7) is 4.92. The summed E-state index contributed by atoms with van der Waals surface area (Å²) in [6.07, 6.45) is 7.69. The highest BCUT2D eigenvalue weighted by atomic mass is 28.3. The Morgan fingerprint density at radius 2 is 0.935 bits per heavy atom. The largest absolute Gasteiger partial charge is 0.264 e. The standard InChI is InChI=1S/C28H24N2Si/c1-31(2)27(22-13-7-4-8-14-22)25(21-11-5-3-6-12-21)26(23-15-9-17-29-19-23)28(31)24-16-10-18-30-20-24/h3-20H,1-2H3. The monoisotopic (exact) mass is 416 g/mol. The van der Waals surface area contributed by atoms with Crippen molar-refractivity contribution in [2.75, 3.05) is 0 Å². The fourth-order valence-corrected chi connectivity index (χ4v) is 8.62. The molecule has 4 aromatic rings. The van der Waals surface area contributed by atoms with Crippen molar-refractivity contribution in [3.8, 4) is 0 Å². The third-order valence-electron chi connectivity index (χ3n) is 6.03. The molecule has 1 aliphatic heterocycles. The number of allylic oxidation sites excluding steroid dienone is 2. The Kier molecular flexibility index (Phi) is 4.97. The maximum Gasteiger partial charge on any atom is 0.115 e. The molecule has 0 amide bonds. The van der Waals surface area contributed by atoms with Crippen LogP contribution in [0.2, 0.25) is 13.1 Å². The molecule has 0 unspecified atom stereocenters. The highest BCUT2D eigenvalue weighted by Crippen LogP contribution is 2.55. The fourth-order valence-electron chi connectivity index (χ4n) is 4.82. The third-order valence-corrected chi connectivity index (χ3v) is 9.60.